The third kappa shape index (κ3) is 4.96. The molecule has 0 aromatic heterocycles. The quantitative estimate of drug-likeness (QED) is 0.669. The SMILES string of the molecule is CN1CCOc2ccccc2-c2cccc(c2F)CC2[C@@H]([N-]S(=O)(=O)CF)CCCN2C1=O. The van der Waals surface area contributed by atoms with E-state index in [0.717, 1.165) is 0 Å². The third-order valence-corrected chi connectivity index (χ3v) is 6.99. The van der Waals surface area contributed by atoms with E-state index < -0.39 is 33.9 Å². The van der Waals surface area contributed by atoms with Crippen LogP contribution in [0.3, 0.4) is 0 Å². The molecule has 1 unspecified atom stereocenters. The fourth-order valence-electron chi connectivity index (χ4n) is 4.47. The number of hydrogen-bond donors (Lipinski definition) is 0. The van der Waals surface area contributed by atoms with Crippen molar-refractivity contribution in [2.75, 3.05) is 32.8 Å². The molecular formula is C23H26F2N3O4S-. The summed E-state index contributed by atoms with van der Waals surface area (Å²) in [5.74, 6) is 0.0412. The lowest BCUT2D eigenvalue weighted by Gasteiger charge is -2.48. The number of benzene rings is 2. The van der Waals surface area contributed by atoms with Crippen molar-refractivity contribution in [2.24, 2.45) is 0 Å². The van der Waals surface area contributed by atoms with Crippen molar-refractivity contribution in [3.63, 3.8) is 0 Å². The number of fused-ring (bicyclic) bond motifs is 5. The molecule has 2 aromatic carbocycles. The second-order valence-corrected chi connectivity index (χ2v) is 9.89. The van der Waals surface area contributed by atoms with Gasteiger partial charge in [0.15, 0.2) is 6.01 Å². The molecule has 1 fully saturated rings. The lowest BCUT2D eigenvalue weighted by Crippen LogP contribution is -2.55. The molecule has 2 atom stereocenters. The standard InChI is InChI=1S/C23H26F2N3O4S/c1-27-12-13-32-21-10-3-2-7-17(21)18-8-4-6-16(22(18)25)14-20-19(26-33(30,31)15-24)9-5-11-28(20)23(27)29/h2-4,6-8,10,19-20H,5,9,11-15H2,1H3/q-1/t19-,20?/m0/s1. The Morgan fingerprint density at radius 3 is 2.67 bits per heavy atom. The van der Waals surface area contributed by atoms with E-state index in [4.69, 9.17) is 4.74 Å². The van der Waals surface area contributed by atoms with E-state index in [1.165, 1.54) is 9.80 Å². The molecule has 1 saturated heterocycles. The predicted octanol–water partition coefficient (Wildman–Crippen LogP) is 3.94. The Labute approximate surface area is 192 Å². The fraction of sp³-hybridized carbons (Fsp3) is 0.435. The molecule has 0 spiro atoms. The van der Waals surface area contributed by atoms with Crippen molar-refractivity contribution in [1.82, 2.24) is 9.80 Å². The van der Waals surface area contributed by atoms with Crippen LogP contribution >= 0.6 is 0 Å². The number of hydrogen-bond acceptors (Lipinski definition) is 4. The van der Waals surface area contributed by atoms with Gasteiger partial charge in [0, 0.05) is 30.8 Å². The van der Waals surface area contributed by atoms with Crippen LogP contribution in [0.2, 0.25) is 0 Å². The van der Waals surface area contributed by atoms with E-state index in [0.29, 0.717) is 41.8 Å². The molecule has 0 N–H and O–H groups in total. The first-order valence-corrected chi connectivity index (χ1v) is 12.4. The molecule has 7 nitrogen and oxygen atoms in total. The zero-order chi connectivity index (χ0) is 23.6. The Bertz CT molecular complexity index is 1130. The summed E-state index contributed by atoms with van der Waals surface area (Å²) >= 11 is 0. The second kappa shape index (κ2) is 9.64. The normalized spacial score (nSPS) is 21.7. The Balaban J connectivity index is 1.80. The molecule has 2 aliphatic heterocycles. The highest BCUT2D eigenvalue weighted by molar-refractivity contribution is 7.93. The maximum Gasteiger partial charge on any atom is 0.320 e. The van der Waals surface area contributed by atoms with Gasteiger partial charge in [0.2, 0.25) is 0 Å². The summed E-state index contributed by atoms with van der Waals surface area (Å²) < 4.78 is 62.3. The van der Waals surface area contributed by atoms with Crippen LogP contribution in [0.25, 0.3) is 15.8 Å². The number of carbonyl (C=O) groups excluding carboxylic acids is 1. The minimum Gasteiger partial charge on any atom is -0.542 e. The summed E-state index contributed by atoms with van der Waals surface area (Å²) in [6, 6.07) is 8.59. The second-order valence-electron chi connectivity index (χ2n) is 8.30. The number of carbonyl (C=O) groups is 1. The predicted molar refractivity (Wildman–Crippen MR) is 121 cm³/mol. The number of piperidine rings is 1. The van der Waals surface area contributed by atoms with Crippen LogP contribution in [-0.2, 0) is 16.4 Å². The van der Waals surface area contributed by atoms with Gasteiger partial charge < -0.3 is 19.3 Å². The number of halogens is 2. The largest absolute Gasteiger partial charge is 0.542 e. The van der Waals surface area contributed by atoms with Crippen LogP contribution in [0.15, 0.2) is 42.5 Å². The van der Waals surface area contributed by atoms with Gasteiger partial charge in [0.1, 0.15) is 28.2 Å². The van der Waals surface area contributed by atoms with Crippen LogP contribution in [-0.4, -0.2) is 69.1 Å². The van der Waals surface area contributed by atoms with Crippen molar-refractivity contribution in [2.45, 2.75) is 31.3 Å². The van der Waals surface area contributed by atoms with Crippen LogP contribution in [0.4, 0.5) is 13.6 Å². The monoisotopic (exact) mass is 478 g/mol. The van der Waals surface area contributed by atoms with E-state index in [2.05, 4.69) is 4.72 Å². The topological polar surface area (TPSA) is 81.0 Å². The van der Waals surface area contributed by atoms with Crippen molar-refractivity contribution in [3.8, 4) is 16.9 Å². The fourth-order valence-corrected chi connectivity index (χ4v) is 5.19. The maximum absolute atomic E-state index is 15.7. The van der Waals surface area contributed by atoms with Crippen LogP contribution in [0.5, 0.6) is 5.75 Å². The van der Waals surface area contributed by atoms with Crippen molar-refractivity contribution >= 4 is 16.1 Å². The zero-order valence-corrected chi connectivity index (χ0v) is 19.1. The van der Waals surface area contributed by atoms with E-state index in [9.17, 15) is 17.6 Å². The molecule has 0 aliphatic carbocycles. The molecule has 4 rings (SSSR count). The van der Waals surface area contributed by atoms with Gasteiger partial charge in [-0.2, -0.15) is 0 Å². The maximum atomic E-state index is 15.7. The highest BCUT2D eigenvalue weighted by atomic mass is 32.2. The zero-order valence-electron chi connectivity index (χ0n) is 18.3. The summed E-state index contributed by atoms with van der Waals surface area (Å²) in [5.41, 5.74) is 1.27. The highest BCUT2D eigenvalue weighted by Crippen LogP contribution is 2.35. The van der Waals surface area contributed by atoms with E-state index in [1.807, 2.05) is 0 Å². The van der Waals surface area contributed by atoms with Gasteiger partial charge in [-0.05, 0) is 24.5 Å². The molecule has 2 heterocycles. The average Bonchev–Trinajstić information content (AvgIpc) is 2.81. The Morgan fingerprint density at radius 1 is 1.12 bits per heavy atom. The first-order valence-electron chi connectivity index (χ1n) is 10.8. The highest BCUT2D eigenvalue weighted by Gasteiger charge is 2.34. The summed E-state index contributed by atoms with van der Waals surface area (Å²) in [4.78, 5) is 16.3. The van der Waals surface area contributed by atoms with Crippen molar-refractivity contribution in [3.05, 3.63) is 58.6 Å². The minimum atomic E-state index is -4.28. The van der Waals surface area contributed by atoms with E-state index in [1.54, 1.807) is 49.5 Å². The summed E-state index contributed by atoms with van der Waals surface area (Å²) in [7, 11) is -2.65. The molecule has 2 aromatic rings. The molecular weight excluding hydrogens is 452 g/mol. The van der Waals surface area contributed by atoms with Gasteiger partial charge >= 0.3 is 6.03 Å². The van der Waals surface area contributed by atoms with Crippen molar-refractivity contribution < 1.29 is 26.7 Å². The average molecular weight is 479 g/mol. The summed E-state index contributed by atoms with van der Waals surface area (Å²) in [6.45, 7) is 0.849. The Hall–Kier alpha value is -2.72. The van der Waals surface area contributed by atoms with E-state index >= 15 is 4.39 Å². The van der Waals surface area contributed by atoms with Gasteiger partial charge in [-0.15, -0.1) is 6.04 Å². The third-order valence-electron chi connectivity index (χ3n) is 6.12. The van der Waals surface area contributed by atoms with Crippen LogP contribution in [0.1, 0.15) is 18.4 Å². The number of rotatable bonds is 3. The molecule has 2 aliphatic rings. The van der Waals surface area contributed by atoms with Gasteiger partial charge in [0.25, 0.3) is 0 Å². The minimum absolute atomic E-state index is 0.0538. The summed E-state index contributed by atoms with van der Waals surface area (Å²) in [6.07, 6.45) is 0.930. The smallest absolute Gasteiger partial charge is 0.320 e. The Morgan fingerprint density at radius 2 is 1.88 bits per heavy atom. The number of sulfonamides is 1. The van der Waals surface area contributed by atoms with Crippen LogP contribution < -0.4 is 4.74 Å². The van der Waals surface area contributed by atoms with E-state index in [-0.39, 0.29) is 25.6 Å². The molecule has 2 bridgehead atoms. The lowest BCUT2D eigenvalue weighted by atomic mass is 9.90. The molecule has 178 valence electrons. The number of likely N-dealkylation sites (N-methyl/N-ethyl adjacent to an activating group) is 1. The van der Waals surface area contributed by atoms with Gasteiger partial charge in [-0.3, -0.25) is 0 Å². The number of amides is 2. The molecule has 0 radical (unpaired) electrons. The molecule has 2 amide bonds. The van der Waals surface area contributed by atoms with Gasteiger partial charge in [0.05, 0.1) is 6.54 Å². The Kier molecular flexibility index (Phi) is 6.85. The first-order chi connectivity index (χ1) is 15.8. The number of ether oxygens (including phenoxy) is 1. The molecule has 10 heteroatoms. The lowest BCUT2D eigenvalue weighted by molar-refractivity contribution is 0.113. The van der Waals surface area contributed by atoms with Crippen LogP contribution in [0, 0.1) is 5.82 Å². The van der Waals surface area contributed by atoms with Gasteiger partial charge in [-0.1, -0.05) is 42.8 Å². The number of alkyl halides is 1. The number of urea groups is 1. The molecule has 0 saturated carbocycles. The summed E-state index contributed by atoms with van der Waals surface area (Å²) in [5, 5.41) is 0. The van der Waals surface area contributed by atoms with Crippen molar-refractivity contribution in [1.29, 1.82) is 0 Å². The first kappa shape index (κ1) is 23.4. The van der Waals surface area contributed by atoms with Gasteiger partial charge in [-0.25, -0.2) is 22.0 Å². The number of para-hydroxylation sites is 1. The molecule has 33 heavy (non-hydrogen) atoms. The number of nitrogens with zero attached hydrogens (tertiary/aromatic N) is 3.